The molecule has 21 heavy (non-hydrogen) atoms. The summed E-state index contributed by atoms with van der Waals surface area (Å²) in [5, 5.41) is 4.22. The van der Waals surface area contributed by atoms with Gasteiger partial charge < -0.3 is 0 Å². The minimum atomic E-state index is -0.333. The number of nitrogens with one attached hydrogen (secondary N) is 1. The molecule has 0 bridgehead atoms. The van der Waals surface area contributed by atoms with E-state index in [9.17, 15) is 4.39 Å². The van der Waals surface area contributed by atoms with E-state index in [0.29, 0.717) is 23.5 Å². The maximum absolute atomic E-state index is 14.2. The van der Waals surface area contributed by atoms with Crippen molar-refractivity contribution in [2.24, 2.45) is 11.8 Å². The molecular weight excluding hydrogens is 269 g/mol. The summed E-state index contributed by atoms with van der Waals surface area (Å²) >= 11 is 0. The minimum absolute atomic E-state index is 0.227. The van der Waals surface area contributed by atoms with Crippen molar-refractivity contribution >= 4 is 0 Å². The summed E-state index contributed by atoms with van der Waals surface area (Å²) in [5.41, 5.74) is 3.84. The zero-order valence-corrected chi connectivity index (χ0v) is 12.7. The second kappa shape index (κ2) is 6.78. The van der Waals surface area contributed by atoms with Crippen LogP contribution >= 0.6 is 0 Å². The molecule has 1 aromatic heterocycles. The van der Waals surface area contributed by atoms with E-state index < -0.39 is 0 Å². The van der Waals surface area contributed by atoms with E-state index in [-0.39, 0.29) is 11.9 Å². The summed E-state index contributed by atoms with van der Waals surface area (Å²) in [6.07, 6.45) is 2.02. The Morgan fingerprint density at radius 2 is 2.14 bits per heavy atom. The van der Waals surface area contributed by atoms with E-state index in [1.54, 1.807) is 19.1 Å². The molecule has 5 nitrogen and oxygen atoms in total. The quantitative estimate of drug-likeness (QED) is 0.632. The van der Waals surface area contributed by atoms with Crippen molar-refractivity contribution in [3.8, 4) is 0 Å². The van der Waals surface area contributed by atoms with Crippen molar-refractivity contribution in [3.05, 3.63) is 47.3 Å². The number of hydrazine groups is 1. The van der Waals surface area contributed by atoms with Crippen molar-refractivity contribution in [1.29, 1.82) is 0 Å². The van der Waals surface area contributed by atoms with Gasteiger partial charge in [0.2, 0.25) is 0 Å². The van der Waals surface area contributed by atoms with Crippen molar-refractivity contribution in [2.45, 2.75) is 39.8 Å². The number of benzene rings is 1. The van der Waals surface area contributed by atoms with E-state index in [4.69, 9.17) is 5.84 Å². The fraction of sp³-hybridized carbons (Fsp3) is 0.467. The number of halogens is 1. The summed E-state index contributed by atoms with van der Waals surface area (Å²) < 4.78 is 16.1. The number of nitrogens with zero attached hydrogens (tertiary/aromatic N) is 3. The van der Waals surface area contributed by atoms with Gasteiger partial charge in [-0.25, -0.2) is 14.1 Å². The number of rotatable bonds is 6. The highest BCUT2D eigenvalue weighted by Crippen LogP contribution is 2.22. The first-order valence-corrected chi connectivity index (χ1v) is 7.10. The molecule has 0 aliphatic rings. The fourth-order valence-corrected chi connectivity index (χ4v) is 2.33. The number of hydrogen-bond acceptors (Lipinski definition) is 4. The summed E-state index contributed by atoms with van der Waals surface area (Å²) in [6.45, 7) is 6.76. The lowest BCUT2D eigenvalue weighted by Gasteiger charge is -2.18. The molecule has 0 amide bonds. The van der Waals surface area contributed by atoms with Crippen molar-refractivity contribution in [3.63, 3.8) is 0 Å². The molecule has 1 heterocycles. The maximum atomic E-state index is 14.2. The smallest absolute Gasteiger partial charge is 0.138 e. The molecule has 2 aromatic rings. The molecule has 0 saturated heterocycles. The topological polar surface area (TPSA) is 68.8 Å². The number of aryl methyl sites for hydroxylation is 1. The molecule has 3 N–H and O–H groups in total. The summed E-state index contributed by atoms with van der Waals surface area (Å²) in [5.74, 6) is 6.65. The Labute approximate surface area is 124 Å². The molecule has 1 aromatic carbocycles. The highest BCUT2D eigenvalue weighted by molar-refractivity contribution is 5.28. The van der Waals surface area contributed by atoms with Crippen LogP contribution < -0.4 is 11.3 Å². The normalized spacial score (nSPS) is 12.9. The van der Waals surface area contributed by atoms with Gasteiger partial charge in [0, 0.05) is 18.5 Å². The Kier molecular flexibility index (Phi) is 5.03. The van der Waals surface area contributed by atoms with Crippen LogP contribution in [0, 0.1) is 18.7 Å². The van der Waals surface area contributed by atoms with Gasteiger partial charge in [-0.15, -0.1) is 0 Å². The summed E-state index contributed by atoms with van der Waals surface area (Å²) in [7, 11) is 0. The van der Waals surface area contributed by atoms with E-state index in [0.717, 1.165) is 12.4 Å². The fourth-order valence-electron chi connectivity index (χ4n) is 2.33. The van der Waals surface area contributed by atoms with Gasteiger partial charge in [-0.1, -0.05) is 32.0 Å². The van der Waals surface area contributed by atoms with Gasteiger partial charge >= 0.3 is 0 Å². The van der Waals surface area contributed by atoms with Crippen LogP contribution in [0.15, 0.2) is 24.5 Å². The molecule has 1 unspecified atom stereocenters. The van der Waals surface area contributed by atoms with Crippen molar-refractivity contribution in [1.82, 2.24) is 20.2 Å². The Morgan fingerprint density at radius 3 is 2.81 bits per heavy atom. The lowest BCUT2D eigenvalue weighted by Crippen LogP contribution is -2.31. The van der Waals surface area contributed by atoms with Crippen molar-refractivity contribution < 1.29 is 4.39 Å². The number of nitrogens with two attached hydrogens (primary N) is 1. The zero-order valence-electron chi connectivity index (χ0n) is 12.7. The largest absolute Gasteiger partial charge is 0.271 e. The van der Waals surface area contributed by atoms with Gasteiger partial charge in [0.15, 0.2) is 0 Å². The SMILES string of the molecule is Cc1cccc(C(Cc2ncnn2CC(C)C)NN)c1F. The van der Waals surface area contributed by atoms with Crippen LogP contribution in [0.4, 0.5) is 4.39 Å². The van der Waals surface area contributed by atoms with Crippen LogP contribution in [-0.4, -0.2) is 14.8 Å². The zero-order chi connectivity index (χ0) is 15.4. The second-order valence-corrected chi connectivity index (χ2v) is 5.65. The molecule has 0 aliphatic heterocycles. The van der Waals surface area contributed by atoms with E-state index in [1.165, 1.54) is 6.33 Å². The molecule has 1 atom stereocenters. The standard InChI is InChI=1S/C15H22FN5/c1-10(2)8-21-14(18-9-19-21)7-13(20-17)12-6-4-5-11(3)15(12)16/h4-6,9-10,13,20H,7-8,17H2,1-3H3. The number of hydrogen-bond donors (Lipinski definition) is 2. The Balaban J connectivity index is 2.24. The van der Waals surface area contributed by atoms with Gasteiger partial charge in [-0.3, -0.25) is 11.3 Å². The summed E-state index contributed by atoms with van der Waals surface area (Å²) in [4.78, 5) is 4.27. The van der Waals surface area contributed by atoms with Crippen LogP contribution in [0.1, 0.15) is 36.8 Å². The lowest BCUT2D eigenvalue weighted by molar-refractivity contribution is 0.440. The highest BCUT2D eigenvalue weighted by atomic mass is 19.1. The molecular formula is C15H22FN5. The first-order valence-electron chi connectivity index (χ1n) is 7.10. The third kappa shape index (κ3) is 3.65. The van der Waals surface area contributed by atoms with Crippen LogP contribution in [-0.2, 0) is 13.0 Å². The second-order valence-electron chi connectivity index (χ2n) is 5.65. The van der Waals surface area contributed by atoms with Crippen LogP contribution in [0.5, 0.6) is 0 Å². The Hall–Kier alpha value is -1.79. The number of aromatic nitrogens is 3. The molecule has 6 heteroatoms. The molecule has 0 fully saturated rings. The van der Waals surface area contributed by atoms with Crippen LogP contribution in [0.3, 0.4) is 0 Å². The average Bonchev–Trinajstić information content (AvgIpc) is 2.86. The predicted molar refractivity (Wildman–Crippen MR) is 79.8 cm³/mol. The van der Waals surface area contributed by atoms with Crippen LogP contribution in [0.25, 0.3) is 0 Å². The predicted octanol–water partition coefficient (Wildman–Crippen LogP) is 2.13. The third-order valence-corrected chi connectivity index (χ3v) is 3.42. The first-order chi connectivity index (χ1) is 10.0. The molecule has 114 valence electrons. The lowest BCUT2D eigenvalue weighted by atomic mass is 10.0. The molecule has 0 aliphatic carbocycles. The van der Waals surface area contributed by atoms with E-state index in [2.05, 4.69) is 29.4 Å². The molecule has 0 spiro atoms. The van der Waals surface area contributed by atoms with Gasteiger partial charge in [0.05, 0.1) is 6.04 Å². The first kappa shape index (κ1) is 15.6. The Bertz CT molecular complexity index is 593. The monoisotopic (exact) mass is 291 g/mol. The maximum Gasteiger partial charge on any atom is 0.138 e. The molecule has 0 radical (unpaired) electrons. The van der Waals surface area contributed by atoms with Gasteiger partial charge in [-0.05, 0) is 18.4 Å². The average molecular weight is 291 g/mol. The van der Waals surface area contributed by atoms with E-state index >= 15 is 0 Å². The molecule has 0 saturated carbocycles. The van der Waals surface area contributed by atoms with Crippen molar-refractivity contribution in [2.75, 3.05) is 0 Å². The summed E-state index contributed by atoms with van der Waals surface area (Å²) in [6, 6.07) is 4.99. The van der Waals surface area contributed by atoms with Gasteiger partial charge in [0.25, 0.3) is 0 Å². The van der Waals surface area contributed by atoms with Crippen LogP contribution in [0.2, 0.25) is 0 Å². The minimum Gasteiger partial charge on any atom is -0.271 e. The van der Waals surface area contributed by atoms with E-state index in [1.807, 2.05) is 10.7 Å². The Morgan fingerprint density at radius 1 is 1.38 bits per heavy atom. The van der Waals surface area contributed by atoms with Gasteiger partial charge in [0.1, 0.15) is 18.0 Å². The van der Waals surface area contributed by atoms with Gasteiger partial charge in [-0.2, -0.15) is 5.10 Å². The third-order valence-electron chi connectivity index (χ3n) is 3.42. The molecule has 2 rings (SSSR count). The highest BCUT2D eigenvalue weighted by Gasteiger charge is 2.19.